The first-order valence-electron chi connectivity index (χ1n) is 8.21. The van der Waals surface area contributed by atoms with E-state index in [1.54, 1.807) is 19.1 Å². The second-order valence-electron chi connectivity index (χ2n) is 6.53. The van der Waals surface area contributed by atoms with Gasteiger partial charge in [0, 0.05) is 11.3 Å². The van der Waals surface area contributed by atoms with Crippen LogP contribution in [0.4, 0.5) is 5.69 Å². The molecule has 0 unspecified atom stereocenters. The molecule has 0 fully saturated rings. The normalized spacial score (nSPS) is 15.2. The zero-order chi connectivity index (χ0) is 17.2. The minimum absolute atomic E-state index is 0.137. The van der Waals surface area contributed by atoms with Crippen molar-refractivity contribution >= 4 is 17.5 Å². The van der Waals surface area contributed by atoms with Crippen LogP contribution in [0.3, 0.4) is 0 Å². The quantitative estimate of drug-likeness (QED) is 0.867. The molecule has 0 saturated heterocycles. The SMILES string of the molecule is CCOC(=O)c1ccc(NC2=NC(C)(C)Cc3ccccc32)cc1. The molecule has 3 rings (SSSR count). The molecule has 1 N–H and O–H groups in total. The Balaban J connectivity index is 1.85. The van der Waals surface area contributed by atoms with Crippen molar-refractivity contribution in [3.8, 4) is 0 Å². The number of benzene rings is 2. The highest BCUT2D eigenvalue weighted by Gasteiger charge is 2.26. The Labute approximate surface area is 142 Å². The first-order chi connectivity index (χ1) is 11.5. The predicted octanol–water partition coefficient (Wildman–Crippen LogP) is 4.06. The van der Waals surface area contributed by atoms with Gasteiger partial charge in [0.2, 0.25) is 0 Å². The lowest BCUT2D eigenvalue weighted by Gasteiger charge is -2.29. The molecule has 2 aromatic carbocycles. The summed E-state index contributed by atoms with van der Waals surface area (Å²) in [5.41, 5.74) is 3.74. The molecule has 0 aliphatic carbocycles. The van der Waals surface area contributed by atoms with Gasteiger partial charge in [-0.25, -0.2) is 4.79 Å². The van der Waals surface area contributed by atoms with E-state index in [1.807, 2.05) is 18.2 Å². The third-order valence-corrected chi connectivity index (χ3v) is 3.97. The van der Waals surface area contributed by atoms with Gasteiger partial charge >= 0.3 is 5.97 Å². The molecule has 0 spiro atoms. The van der Waals surface area contributed by atoms with Crippen LogP contribution >= 0.6 is 0 Å². The number of carbonyl (C=O) groups excluding carboxylic acids is 1. The largest absolute Gasteiger partial charge is 0.462 e. The van der Waals surface area contributed by atoms with E-state index in [0.29, 0.717) is 12.2 Å². The number of nitrogens with zero attached hydrogens (tertiary/aromatic N) is 1. The average Bonchev–Trinajstić information content (AvgIpc) is 2.54. The summed E-state index contributed by atoms with van der Waals surface area (Å²) < 4.78 is 5.01. The van der Waals surface area contributed by atoms with E-state index in [2.05, 4.69) is 37.4 Å². The van der Waals surface area contributed by atoms with E-state index in [0.717, 1.165) is 23.5 Å². The highest BCUT2D eigenvalue weighted by atomic mass is 16.5. The maximum absolute atomic E-state index is 11.7. The van der Waals surface area contributed by atoms with Crippen LogP contribution in [0.25, 0.3) is 0 Å². The standard InChI is InChI=1S/C20H22N2O2/c1-4-24-19(23)14-9-11-16(12-10-14)21-18-17-8-6-5-7-15(17)13-20(2,3)22-18/h5-12H,4,13H2,1-3H3,(H,21,22). The van der Waals surface area contributed by atoms with Crippen molar-refractivity contribution in [3.63, 3.8) is 0 Å². The van der Waals surface area contributed by atoms with Crippen molar-refractivity contribution in [2.24, 2.45) is 4.99 Å². The maximum Gasteiger partial charge on any atom is 0.338 e. The van der Waals surface area contributed by atoms with E-state index in [9.17, 15) is 4.79 Å². The van der Waals surface area contributed by atoms with Crippen LogP contribution in [0, 0.1) is 0 Å². The van der Waals surface area contributed by atoms with Gasteiger partial charge in [-0.2, -0.15) is 0 Å². The van der Waals surface area contributed by atoms with Crippen LogP contribution in [0.2, 0.25) is 0 Å². The molecule has 0 saturated carbocycles. The van der Waals surface area contributed by atoms with Gasteiger partial charge in [0.15, 0.2) is 0 Å². The summed E-state index contributed by atoms with van der Waals surface area (Å²) >= 11 is 0. The Kier molecular flexibility index (Phi) is 4.38. The molecule has 24 heavy (non-hydrogen) atoms. The van der Waals surface area contributed by atoms with Gasteiger partial charge in [-0.3, -0.25) is 4.99 Å². The number of fused-ring (bicyclic) bond motifs is 1. The van der Waals surface area contributed by atoms with Gasteiger partial charge in [0.25, 0.3) is 0 Å². The summed E-state index contributed by atoms with van der Waals surface area (Å²) in [5, 5.41) is 3.39. The number of carbonyl (C=O) groups is 1. The third kappa shape index (κ3) is 3.48. The second kappa shape index (κ2) is 6.48. The molecule has 1 aliphatic heterocycles. The summed E-state index contributed by atoms with van der Waals surface area (Å²) in [6, 6.07) is 15.6. The molecular formula is C20H22N2O2. The van der Waals surface area contributed by atoms with Crippen LogP contribution in [0.1, 0.15) is 42.3 Å². The van der Waals surface area contributed by atoms with Crippen molar-refractivity contribution < 1.29 is 9.53 Å². The second-order valence-corrected chi connectivity index (χ2v) is 6.53. The van der Waals surface area contributed by atoms with Gasteiger partial charge in [-0.15, -0.1) is 0 Å². The van der Waals surface area contributed by atoms with Crippen LogP contribution in [0.15, 0.2) is 53.5 Å². The molecule has 0 bridgehead atoms. The Morgan fingerprint density at radius 2 is 1.88 bits per heavy atom. The van der Waals surface area contributed by atoms with E-state index in [1.165, 1.54) is 5.56 Å². The number of ether oxygens (including phenoxy) is 1. The molecule has 0 amide bonds. The molecule has 124 valence electrons. The number of anilines is 1. The lowest BCUT2D eigenvalue weighted by molar-refractivity contribution is 0.0526. The van der Waals surface area contributed by atoms with Crippen molar-refractivity contribution in [1.82, 2.24) is 0 Å². The highest BCUT2D eigenvalue weighted by molar-refractivity contribution is 6.10. The van der Waals surface area contributed by atoms with E-state index < -0.39 is 0 Å². The van der Waals surface area contributed by atoms with Crippen molar-refractivity contribution in [2.45, 2.75) is 32.7 Å². The monoisotopic (exact) mass is 322 g/mol. The molecule has 4 heteroatoms. The minimum atomic E-state index is -0.300. The lowest BCUT2D eigenvalue weighted by Crippen LogP contribution is -2.32. The molecule has 0 radical (unpaired) electrons. The van der Waals surface area contributed by atoms with Gasteiger partial charge in [-0.05, 0) is 57.0 Å². The van der Waals surface area contributed by atoms with E-state index in [-0.39, 0.29) is 11.5 Å². The van der Waals surface area contributed by atoms with Gasteiger partial charge in [-0.1, -0.05) is 24.3 Å². The minimum Gasteiger partial charge on any atom is -0.462 e. The first kappa shape index (κ1) is 16.2. The van der Waals surface area contributed by atoms with Crippen molar-refractivity contribution in [3.05, 3.63) is 65.2 Å². The van der Waals surface area contributed by atoms with Crippen LogP contribution in [-0.4, -0.2) is 24.0 Å². The average molecular weight is 322 g/mol. The number of esters is 1. The molecule has 2 aromatic rings. The van der Waals surface area contributed by atoms with Gasteiger partial charge in [0.05, 0.1) is 17.7 Å². The zero-order valence-electron chi connectivity index (χ0n) is 14.3. The molecule has 1 aliphatic rings. The van der Waals surface area contributed by atoms with Crippen LogP contribution < -0.4 is 5.32 Å². The van der Waals surface area contributed by atoms with Crippen LogP contribution in [-0.2, 0) is 11.2 Å². The molecular weight excluding hydrogens is 300 g/mol. The van der Waals surface area contributed by atoms with Gasteiger partial charge in [0.1, 0.15) is 5.84 Å². The topological polar surface area (TPSA) is 50.7 Å². The number of aliphatic imine (C=N–C) groups is 1. The fraction of sp³-hybridized carbons (Fsp3) is 0.300. The first-order valence-corrected chi connectivity index (χ1v) is 8.21. The van der Waals surface area contributed by atoms with Crippen LogP contribution in [0.5, 0.6) is 0 Å². The number of hydrogen-bond acceptors (Lipinski definition) is 4. The lowest BCUT2D eigenvalue weighted by atomic mass is 9.89. The fourth-order valence-electron chi connectivity index (χ4n) is 2.91. The van der Waals surface area contributed by atoms with E-state index >= 15 is 0 Å². The number of rotatable bonds is 3. The fourth-order valence-corrected chi connectivity index (χ4v) is 2.91. The summed E-state index contributed by atoms with van der Waals surface area (Å²) in [7, 11) is 0. The molecule has 1 heterocycles. The Morgan fingerprint density at radius 3 is 2.58 bits per heavy atom. The maximum atomic E-state index is 11.7. The molecule has 0 atom stereocenters. The summed E-state index contributed by atoms with van der Waals surface area (Å²) in [6.07, 6.45) is 0.927. The highest BCUT2D eigenvalue weighted by Crippen LogP contribution is 2.27. The summed E-state index contributed by atoms with van der Waals surface area (Å²) in [6.45, 7) is 6.44. The number of hydrogen-bond donors (Lipinski definition) is 1. The Bertz CT molecular complexity index is 776. The molecule has 0 aromatic heterocycles. The third-order valence-electron chi connectivity index (χ3n) is 3.97. The van der Waals surface area contributed by atoms with Gasteiger partial charge < -0.3 is 10.1 Å². The predicted molar refractivity (Wildman–Crippen MR) is 96.8 cm³/mol. The summed E-state index contributed by atoms with van der Waals surface area (Å²) in [5.74, 6) is 0.566. The van der Waals surface area contributed by atoms with Crippen molar-refractivity contribution in [1.29, 1.82) is 0 Å². The van der Waals surface area contributed by atoms with Crippen molar-refractivity contribution in [2.75, 3.05) is 11.9 Å². The number of nitrogens with one attached hydrogen (secondary N) is 1. The summed E-state index contributed by atoms with van der Waals surface area (Å²) in [4.78, 5) is 16.6. The zero-order valence-corrected chi connectivity index (χ0v) is 14.3. The smallest absolute Gasteiger partial charge is 0.338 e. The Hall–Kier alpha value is -2.62. The molecule has 4 nitrogen and oxygen atoms in total. The number of amidine groups is 1. The van der Waals surface area contributed by atoms with E-state index in [4.69, 9.17) is 9.73 Å². The Morgan fingerprint density at radius 1 is 1.17 bits per heavy atom.